The lowest BCUT2D eigenvalue weighted by Crippen LogP contribution is -2.61. The quantitative estimate of drug-likeness (QED) is 0.634. The zero-order valence-electron chi connectivity index (χ0n) is 15.7. The summed E-state index contributed by atoms with van der Waals surface area (Å²) in [5.41, 5.74) is 0.305. The van der Waals surface area contributed by atoms with E-state index in [4.69, 9.17) is 4.74 Å². The van der Waals surface area contributed by atoms with E-state index < -0.39 is 0 Å². The van der Waals surface area contributed by atoms with Crippen molar-refractivity contribution in [3.8, 4) is 0 Å². The summed E-state index contributed by atoms with van der Waals surface area (Å²) in [6, 6.07) is 0. The zero-order chi connectivity index (χ0) is 16.8. The Hall–Kier alpha value is -0.810. The van der Waals surface area contributed by atoms with Crippen molar-refractivity contribution in [3.05, 3.63) is 0 Å². The van der Waals surface area contributed by atoms with Crippen LogP contribution in [0.3, 0.4) is 0 Å². The highest BCUT2D eigenvalue weighted by Crippen LogP contribution is 2.34. The van der Waals surface area contributed by atoms with Gasteiger partial charge in [0.05, 0.1) is 13.2 Å². The van der Waals surface area contributed by atoms with E-state index in [9.17, 15) is 0 Å². The summed E-state index contributed by atoms with van der Waals surface area (Å²) < 4.78 is 5.60. The minimum atomic E-state index is 0.305. The maximum absolute atomic E-state index is 5.60. The van der Waals surface area contributed by atoms with Gasteiger partial charge in [-0.15, -0.1) is 0 Å². The fraction of sp³-hybridized carbons (Fsp3) is 0.947. The van der Waals surface area contributed by atoms with E-state index in [1.807, 2.05) is 7.05 Å². The van der Waals surface area contributed by atoms with Gasteiger partial charge in [0.25, 0.3) is 0 Å². The van der Waals surface area contributed by atoms with Gasteiger partial charge in [0.2, 0.25) is 0 Å². The molecule has 1 unspecified atom stereocenters. The minimum Gasteiger partial charge on any atom is -0.379 e. The highest BCUT2D eigenvalue weighted by molar-refractivity contribution is 5.80. The molecule has 5 heteroatoms. The molecule has 3 rings (SSSR count). The first-order valence-electron chi connectivity index (χ1n) is 10.0. The van der Waals surface area contributed by atoms with Crippen molar-refractivity contribution >= 4 is 5.96 Å². The smallest absolute Gasteiger partial charge is 0.193 e. The number of hydrogen-bond donors (Lipinski definition) is 1. The van der Waals surface area contributed by atoms with Crippen LogP contribution in [-0.4, -0.2) is 74.3 Å². The number of piperidine rings is 1. The van der Waals surface area contributed by atoms with Gasteiger partial charge in [-0.3, -0.25) is 9.89 Å². The van der Waals surface area contributed by atoms with Crippen LogP contribution in [0.4, 0.5) is 0 Å². The summed E-state index contributed by atoms with van der Waals surface area (Å²) in [6.45, 7) is 9.63. The van der Waals surface area contributed by atoms with Crippen LogP contribution in [0.15, 0.2) is 4.99 Å². The van der Waals surface area contributed by atoms with Crippen molar-refractivity contribution in [3.63, 3.8) is 0 Å². The summed E-state index contributed by atoms with van der Waals surface area (Å²) in [5, 5.41) is 3.76. The second-order valence-electron chi connectivity index (χ2n) is 7.98. The molecule has 1 atom stereocenters. The van der Waals surface area contributed by atoms with E-state index in [-0.39, 0.29) is 0 Å². The molecule has 0 aromatic carbocycles. The Bertz CT molecular complexity index is 414. The van der Waals surface area contributed by atoms with Crippen LogP contribution in [0.25, 0.3) is 0 Å². The third-order valence-electron chi connectivity index (χ3n) is 6.21. The maximum atomic E-state index is 5.60. The number of ether oxygens (including phenoxy) is 1. The molecule has 138 valence electrons. The highest BCUT2D eigenvalue weighted by atomic mass is 16.5. The molecule has 5 nitrogen and oxygen atoms in total. The summed E-state index contributed by atoms with van der Waals surface area (Å²) >= 11 is 0. The first-order chi connectivity index (χ1) is 11.7. The van der Waals surface area contributed by atoms with Crippen LogP contribution in [0.2, 0.25) is 0 Å². The number of guanidine groups is 1. The average molecular weight is 337 g/mol. The molecule has 24 heavy (non-hydrogen) atoms. The van der Waals surface area contributed by atoms with E-state index >= 15 is 0 Å². The first-order valence-corrected chi connectivity index (χ1v) is 10.0. The molecular formula is C19H36N4O. The van der Waals surface area contributed by atoms with Crippen molar-refractivity contribution < 1.29 is 4.74 Å². The Labute approximate surface area is 147 Å². The molecule has 0 radical (unpaired) electrons. The van der Waals surface area contributed by atoms with E-state index in [0.29, 0.717) is 5.54 Å². The summed E-state index contributed by atoms with van der Waals surface area (Å²) in [5.74, 6) is 1.89. The molecule has 3 aliphatic rings. The SMILES string of the molecule is CN=C(NCC1(N2CCOCC2)CCCCC1)N1CCCC(C)C1. The predicted molar refractivity (Wildman–Crippen MR) is 99.5 cm³/mol. The Balaban J connectivity index is 1.63. The van der Waals surface area contributed by atoms with Crippen molar-refractivity contribution in [1.29, 1.82) is 0 Å². The molecule has 0 aromatic rings. The van der Waals surface area contributed by atoms with Gasteiger partial charge in [-0.25, -0.2) is 0 Å². The van der Waals surface area contributed by atoms with E-state index in [0.717, 1.165) is 57.8 Å². The lowest BCUT2D eigenvalue weighted by atomic mass is 9.79. The normalized spacial score (nSPS) is 29.5. The standard InChI is InChI=1S/C19H36N4O/c1-17-7-6-10-22(15-17)18(20-2)21-16-19(8-4-3-5-9-19)23-11-13-24-14-12-23/h17H,3-16H2,1-2H3,(H,20,21). The topological polar surface area (TPSA) is 40.1 Å². The predicted octanol–water partition coefficient (Wildman–Crippen LogP) is 2.33. The number of morpholine rings is 1. The second kappa shape index (κ2) is 8.52. The van der Waals surface area contributed by atoms with Crippen LogP contribution in [-0.2, 0) is 4.74 Å². The van der Waals surface area contributed by atoms with Crippen molar-refractivity contribution in [2.24, 2.45) is 10.9 Å². The maximum Gasteiger partial charge on any atom is 0.193 e. The Morgan fingerprint density at radius 3 is 2.54 bits per heavy atom. The van der Waals surface area contributed by atoms with Crippen LogP contribution in [0, 0.1) is 5.92 Å². The monoisotopic (exact) mass is 336 g/mol. The molecule has 2 aliphatic heterocycles. The van der Waals surface area contributed by atoms with Gasteiger partial charge in [0, 0.05) is 45.3 Å². The van der Waals surface area contributed by atoms with Crippen molar-refractivity contribution in [2.45, 2.75) is 57.4 Å². The molecule has 2 heterocycles. The van der Waals surface area contributed by atoms with Gasteiger partial charge in [0.15, 0.2) is 5.96 Å². The third kappa shape index (κ3) is 4.23. The second-order valence-corrected chi connectivity index (χ2v) is 7.98. The van der Waals surface area contributed by atoms with Crippen LogP contribution in [0.1, 0.15) is 51.9 Å². The summed E-state index contributed by atoms with van der Waals surface area (Å²) in [6.07, 6.45) is 9.38. The van der Waals surface area contributed by atoms with Gasteiger partial charge < -0.3 is 15.0 Å². The first kappa shape index (κ1) is 18.0. The van der Waals surface area contributed by atoms with Crippen molar-refractivity contribution in [2.75, 3.05) is 53.0 Å². The summed E-state index contributed by atoms with van der Waals surface area (Å²) in [4.78, 5) is 9.76. The number of nitrogens with zero attached hydrogens (tertiary/aromatic N) is 3. The summed E-state index contributed by atoms with van der Waals surface area (Å²) in [7, 11) is 1.93. The van der Waals surface area contributed by atoms with Gasteiger partial charge in [-0.05, 0) is 31.6 Å². The van der Waals surface area contributed by atoms with Gasteiger partial charge in [-0.2, -0.15) is 0 Å². The molecule has 1 N–H and O–H groups in total. The fourth-order valence-electron chi connectivity index (χ4n) is 4.81. The molecule has 2 saturated heterocycles. The average Bonchev–Trinajstić information content (AvgIpc) is 2.64. The molecule has 1 aliphatic carbocycles. The van der Waals surface area contributed by atoms with E-state index in [1.54, 1.807) is 0 Å². The lowest BCUT2D eigenvalue weighted by Gasteiger charge is -2.48. The van der Waals surface area contributed by atoms with Crippen LogP contribution >= 0.6 is 0 Å². The molecule has 0 bridgehead atoms. The Morgan fingerprint density at radius 2 is 1.88 bits per heavy atom. The number of hydrogen-bond acceptors (Lipinski definition) is 3. The third-order valence-corrected chi connectivity index (χ3v) is 6.21. The van der Waals surface area contributed by atoms with Gasteiger partial charge in [0.1, 0.15) is 0 Å². The van der Waals surface area contributed by atoms with E-state index in [2.05, 4.69) is 27.0 Å². The zero-order valence-corrected chi connectivity index (χ0v) is 15.7. The Kier molecular flexibility index (Phi) is 6.39. The molecule has 1 saturated carbocycles. The number of nitrogens with one attached hydrogen (secondary N) is 1. The molecule has 0 amide bonds. The molecular weight excluding hydrogens is 300 g/mol. The lowest BCUT2D eigenvalue weighted by molar-refractivity contribution is -0.0354. The van der Waals surface area contributed by atoms with Crippen molar-refractivity contribution in [1.82, 2.24) is 15.1 Å². The van der Waals surface area contributed by atoms with E-state index in [1.165, 1.54) is 44.9 Å². The van der Waals surface area contributed by atoms with Crippen LogP contribution < -0.4 is 5.32 Å². The van der Waals surface area contributed by atoms with Gasteiger partial charge in [-0.1, -0.05) is 26.2 Å². The van der Waals surface area contributed by atoms with Gasteiger partial charge >= 0.3 is 0 Å². The highest BCUT2D eigenvalue weighted by Gasteiger charge is 2.39. The largest absolute Gasteiger partial charge is 0.379 e. The number of aliphatic imine (C=N–C) groups is 1. The minimum absolute atomic E-state index is 0.305. The molecule has 0 aromatic heterocycles. The molecule has 3 fully saturated rings. The molecule has 0 spiro atoms. The number of rotatable bonds is 3. The number of likely N-dealkylation sites (tertiary alicyclic amines) is 1. The Morgan fingerprint density at radius 1 is 1.12 bits per heavy atom. The van der Waals surface area contributed by atoms with Crippen LogP contribution in [0.5, 0.6) is 0 Å². The fourth-order valence-corrected chi connectivity index (χ4v) is 4.81.